The summed E-state index contributed by atoms with van der Waals surface area (Å²) < 4.78 is 1.58. The van der Waals surface area contributed by atoms with E-state index in [2.05, 4.69) is 10.3 Å². The zero-order valence-corrected chi connectivity index (χ0v) is 10.0. The highest BCUT2D eigenvalue weighted by atomic mass is 16.1. The molecular weight excluding hydrogens is 214 g/mol. The van der Waals surface area contributed by atoms with Gasteiger partial charge in [-0.15, -0.1) is 0 Å². The van der Waals surface area contributed by atoms with Gasteiger partial charge in [0.25, 0.3) is 5.56 Å². The predicted molar refractivity (Wildman–Crippen MR) is 68.4 cm³/mol. The van der Waals surface area contributed by atoms with Crippen LogP contribution in [0.15, 0.2) is 23.0 Å². The lowest BCUT2D eigenvalue weighted by atomic mass is 10.2. The van der Waals surface area contributed by atoms with E-state index in [-0.39, 0.29) is 5.56 Å². The summed E-state index contributed by atoms with van der Waals surface area (Å²) >= 11 is 0. The van der Waals surface area contributed by atoms with Crippen molar-refractivity contribution in [3.8, 4) is 0 Å². The minimum absolute atomic E-state index is 0.0190. The number of nitrogens with one attached hydrogen (secondary N) is 1. The van der Waals surface area contributed by atoms with Gasteiger partial charge in [-0.2, -0.15) is 0 Å². The summed E-state index contributed by atoms with van der Waals surface area (Å²) in [7, 11) is 1.75. The lowest BCUT2D eigenvalue weighted by Gasteiger charge is -2.08. The second-order valence-corrected chi connectivity index (χ2v) is 4.67. The average molecular weight is 229 g/mol. The van der Waals surface area contributed by atoms with Crippen LogP contribution in [0.4, 0.5) is 5.69 Å². The van der Waals surface area contributed by atoms with Gasteiger partial charge in [0.1, 0.15) is 5.82 Å². The Morgan fingerprint density at radius 3 is 2.88 bits per heavy atom. The maximum absolute atomic E-state index is 12.0. The molecule has 0 unspecified atom stereocenters. The van der Waals surface area contributed by atoms with Crippen molar-refractivity contribution < 1.29 is 0 Å². The summed E-state index contributed by atoms with van der Waals surface area (Å²) in [5.74, 6) is 0.742. The van der Waals surface area contributed by atoms with Crippen LogP contribution < -0.4 is 10.9 Å². The molecule has 0 bridgehead atoms. The number of rotatable bonds is 2. The standard InChI is InChI=1S/C13H15N3O/c1-8-14-12-7-10(15-9-3-4-9)5-6-11(12)13(17)16(8)2/h5-7,9,15H,3-4H2,1-2H3. The molecule has 1 aliphatic carbocycles. The van der Waals surface area contributed by atoms with Crippen LogP contribution in [0.25, 0.3) is 10.9 Å². The van der Waals surface area contributed by atoms with Gasteiger partial charge in [0, 0.05) is 18.8 Å². The fourth-order valence-electron chi connectivity index (χ4n) is 1.94. The van der Waals surface area contributed by atoms with Crippen molar-refractivity contribution in [2.24, 2.45) is 7.05 Å². The van der Waals surface area contributed by atoms with Gasteiger partial charge in [-0.3, -0.25) is 9.36 Å². The van der Waals surface area contributed by atoms with E-state index >= 15 is 0 Å². The Labute approximate surface area is 99.3 Å². The molecule has 4 heteroatoms. The first-order valence-electron chi connectivity index (χ1n) is 5.89. The van der Waals surface area contributed by atoms with Gasteiger partial charge < -0.3 is 5.32 Å². The summed E-state index contributed by atoms with van der Waals surface area (Å²) in [5.41, 5.74) is 1.85. The number of aromatic nitrogens is 2. The Kier molecular flexibility index (Phi) is 2.18. The van der Waals surface area contributed by atoms with Gasteiger partial charge in [-0.05, 0) is 38.0 Å². The van der Waals surface area contributed by atoms with E-state index in [1.54, 1.807) is 11.6 Å². The molecule has 88 valence electrons. The molecule has 0 atom stereocenters. The molecule has 1 aromatic heterocycles. The smallest absolute Gasteiger partial charge is 0.261 e. The van der Waals surface area contributed by atoms with Crippen LogP contribution in [0, 0.1) is 6.92 Å². The fourth-order valence-corrected chi connectivity index (χ4v) is 1.94. The average Bonchev–Trinajstić information content (AvgIpc) is 3.10. The van der Waals surface area contributed by atoms with Crippen LogP contribution in [-0.2, 0) is 7.05 Å². The molecule has 0 aliphatic heterocycles. The van der Waals surface area contributed by atoms with Crippen molar-refractivity contribution in [2.45, 2.75) is 25.8 Å². The first-order valence-corrected chi connectivity index (χ1v) is 5.89. The van der Waals surface area contributed by atoms with Gasteiger partial charge in [0.05, 0.1) is 10.9 Å². The highest BCUT2D eigenvalue weighted by Crippen LogP contribution is 2.25. The summed E-state index contributed by atoms with van der Waals surface area (Å²) in [6.45, 7) is 1.85. The van der Waals surface area contributed by atoms with E-state index in [1.165, 1.54) is 12.8 Å². The van der Waals surface area contributed by atoms with Gasteiger partial charge >= 0.3 is 0 Å². The number of aryl methyl sites for hydroxylation is 1. The normalized spacial score (nSPS) is 15.2. The van der Waals surface area contributed by atoms with Crippen molar-refractivity contribution in [1.82, 2.24) is 9.55 Å². The third kappa shape index (κ3) is 1.79. The number of benzene rings is 1. The molecule has 1 fully saturated rings. The van der Waals surface area contributed by atoms with E-state index in [0.29, 0.717) is 11.4 Å². The van der Waals surface area contributed by atoms with E-state index in [4.69, 9.17) is 0 Å². The van der Waals surface area contributed by atoms with Gasteiger partial charge in [-0.25, -0.2) is 4.98 Å². The minimum Gasteiger partial charge on any atom is -0.382 e. The van der Waals surface area contributed by atoms with E-state index < -0.39 is 0 Å². The van der Waals surface area contributed by atoms with Crippen LogP contribution in [0.3, 0.4) is 0 Å². The maximum Gasteiger partial charge on any atom is 0.261 e. The van der Waals surface area contributed by atoms with Crippen LogP contribution in [-0.4, -0.2) is 15.6 Å². The molecule has 1 aromatic carbocycles. The summed E-state index contributed by atoms with van der Waals surface area (Å²) in [6.07, 6.45) is 2.47. The lowest BCUT2D eigenvalue weighted by Crippen LogP contribution is -2.20. The third-order valence-electron chi connectivity index (χ3n) is 3.25. The quantitative estimate of drug-likeness (QED) is 0.854. The molecule has 1 heterocycles. The van der Waals surface area contributed by atoms with Gasteiger partial charge in [-0.1, -0.05) is 0 Å². The van der Waals surface area contributed by atoms with Gasteiger partial charge in [0.15, 0.2) is 0 Å². The van der Waals surface area contributed by atoms with Crippen molar-refractivity contribution in [3.05, 3.63) is 34.4 Å². The minimum atomic E-state index is 0.0190. The molecule has 0 spiro atoms. The molecule has 4 nitrogen and oxygen atoms in total. The third-order valence-corrected chi connectivity index (χ3v) is 3.25. The molecular formula is C13H15N3O. The highest BCUT2D eigenvalue weighted by molar-refractivity contribution is 5.81. The monoisotopic (exact) mass is 229 g/mol. The van der Waals surface area contributed by atoms with E-state index in [9.17, 15) is 4.79 Å². The molecule has 17 heavy (non-hydrogen) atoms. The second kappa shape index (κ2) is 3.58. The summed E-state index contributed by atoms with van der Waals surface area (Å²) in [6, 6.07) is 6.38. The maximum atomic E-state index is 12.0. The summed E-state index contributed by atoms with van der Waals surface area (Å²) in [4.78, 5) is 16.4. The Morgan fingerprint density at radius 1 is 1.41 bits per heavy atom. The van der Waals surface area contributed by atoms with Crippen molar-refractivity contribution in [2.75, 3.05) is 5.32 Å². The Balaban J connectivity index is 2.15. The molecule has 0 saturated heterocycles. The van der Waals surface area contributed by atoms with Crippen molar-refractivity contribution >= 4 is 16.6 Å². The van der Waals surface area contributed by atoms with Crippen molar-refractivity contribution in [1.29, 1.82) is 0 Å². The van der Waals surface area contributed by atoms with Gasteiger partial charge in [0.2, 0.25) is 0 Å². The molecule has 0 amide bonds. The van der Waals surface area contributed by atoms with Crippen molar-refractivity contribution in [3.63, 3.8) is 0 Å². The topological polar surface area (TPSA) is 46.9 Å². The van der Waals surface area contributed by atoms with E-state index in [0.717, 1.165) is 17.0 Å². The van der Waals surface area contributed by atoms with Crippen LogP contribution >= 0.6 is 0 Å². The largest absolute Gasteiger partial charge is 0.382 e. The molecule has 3 rings (SSSR count). The predicted octanol–water partition coefficient (Wildman–Crippen LogP) is 1.82. The number of hydrogen-bond acceptors (Lipinski definition) is 3. The number of hydrogen-bond donors (Lipinski definition) is 1. The highest BCUT2D eigenvalue weighted by Gasteiger charge is 2.20. The van der Waals surface area contributed by atoms with E-state index in [1.807, 2.05) is 25.1 Å². The zero-order chi connectivity index (χ0) is 12.0. The Hall–Kier alpha value is -1.84. The Morgan fingerprint density at radius 2 is 2.18 bits per heavy atom. The Bertz CT molecular complexity index is 641. The molecule has 1 aliphatic rings. The lowest BCUT2D eigenvalue weighted by molar-refractivity contribution is 0.792. The zero-order valence-electron chi connectivity index (χ0n) is 10.0. The molecule has 2 aromatic rings. The van der Waals surface area contributed by atoms with Crippen LogP contribution in [0.2, 0.25) is 0 Å². The van der Waals surface area contributed by atoms with Crippen LogP contribution in [0.5, 0.6) is 0 Å². The first-order chi connectivity index (χ1) is 8.15. The van der Waals surface area contributed by atoms with Crippen LogP contribution in [0.1, 0.15) is 18.7 Å². The number of anilines is 1. The summed E-state index contributed by atoms with van der Waals surface area (Å²) in [5, 5.41) is 4.09. The fraction of sp³-hybridized carbons (Fsp3) is 0.385. The SMILES string of the molecule is Cc1nc2cc(NC3CC3)ccc2c(=O)n1C. The molecule has 0 radical (unpaired) electrons. The first kappa shape index (κ1) is 10.3. The number of fused-ring (bicyclic) bond motifs is 1. The number of nitrogens with zero attached hydrogens (tertiary/aromatic N) is 2. The second-order valence-electron chi connectivity index (χ2n) is 4.67. The molecule has 1 saturated carbocycles. The molecule has 1 N–H and O–H groups in total.